The molecular weight excluding hydrogens is 256 g/mol. The summed E-state index contributed by atoms with van der Waals surface area (Å²) >= 11 is 1.73. The summed E-state index contributed by atoms with van der Waals surface area (Å²) < 4.78 is 5.91. The van der Waals surface area contributed by atoms with Crippen LogP contribution >= 0.6 is 11.3 Å². The van der Waals surface area contributed by atoms with E-state index < -0.39 is 0 Å². The van der Waals surface area contributed by atoms with Gasteiger partial charge in [0, 0.05) is 11.5 Å². The number of nitrogens with one attached hydrogen (secondary N) is 1. The molecule has 1 aromatic heterocycles. The third-order valence-corrected chi connectivity index (χ3v) is 3.95. The molecule has 3 N–H and O–H groups in total. The normalized spacial score (nSPS) is 14.3. The quantitative estimate of drug-likeness (QED) is 0.628. The zero-order valence-electron chi connectivity index (χ0n) is 11.3. The fourth-order valence-corrected chi connectivity index (χ4v) is 2.93. The lowest BCUT2D eigenvalue weighted by Gasteiger charge is -2.26. The van der Waals surface area contributed by atoms with E-state index in [0.717, 1.165) is 5.56 Å². The Labute approximate surface area is 118 Å². The highest BCUT2D eigenvalue weighted by atomic mass is 32.1. The molecule has 0 saturated carbocycles. The van der Waals surface area contributed by atoms with Gasteiger partial charge < -0.3 is 4.74 Å². The highest BCUT2D eigenvalue weighted by Crippen LogP contribution is 2.33. The number of nitrogens with two attached hydrogens (primary N) is 1. The van der Waals surface area contributed by atoms with E-state index in [1.807, 2.05) is 25.1 Å². The van der Waals surface area contributed by atoms with E-state index in [9.17, 15) is 0 Å². The maximum Gasteiger partial charge on any atom is 0.103 e. The summed E-state index contributed by atoms with van der Waals surface area (Å²) in [5, 5.41) is 2.13. The van der Waals surface area contributed by atoms with Gasteiger partial charge in [0.2, 0.25) is 0 Å². The van der Waals surface area contributed by atoms with Gasteiger partial charge in [0.1, 0.15) is 6.10 Å². The van der Waals surface area contributed by atoms with Gasteiger partial charge in [0.05, 0.1) is 6.04 Å². The number of rotatable bonds is 6. The third kappa shape index (κ3) is 3.42. The van der Waals surface area contributed by atoms with Crippen LogP contribution in [0.2, 0.25) is 0 Å². The second-order valence-corrected chi connectivity index (χ2v) is 5.54. The number of benzene rings is 1. The van der Waals surface area contributed by atoms with Crippen molar-refractivity contribution in [3.63, 3.8) is 0 Å². The van der Waals surface area contributed by atoms with Gasteiger partial charge in [-0.2, -0.15) is 0 Å². The van der Waals surface area contributed by atoms with Crippen molar-refractivity contribution in [3.05, 3.63) is 57.8 Å². The molecule has 2 unspecified atom stereocenters. The highest BCUT2D eigenvalue weighted by molar-refractivity contribution is 7.10. The van der Waals surface area contributed by atoms with Gasteiger partial charge in [-0.25, -0.2) is 5.43 Å². The SMILES string of the molecule is CCOC(c1ccccc1)C(NN)c1csc(C)c1. The van der Waals surface area contributed by atoms with Crippen LogP contribution < -0.4 is 11.3 Å². The molecule has 0 fully saturated rings. The van der Waals surface area contributed by atoms with Crippen molar-refractivity contribution in [2.24, 2.45) is 5.84 Å². The number of hydrogen-bond donors (Lipinski definition) is 2. The van der Waals surface area contributed by atoms with E-state index in [0.29, 0.717) is 6.61 Å². The van der Waals surface area contributed by atoms with Crippen molar-refractivity contribution in [3.8, 4) is 0 Å². The molecule has 0 aliphatic rings. The molecule has 0 amide bonds. The molecule has 0 spiro atoms. The van der Waals surface area contributed by atoms with Crippen LogP contribution in [0.4, 0.5) is 0 Å². The molecule has 1 aromatic carbocycles. The molecule has 0 aliphatic carbocycles. The first-order valence-electron chi connectivity index (χ1n) is 6.44. The number of hydrazine groups is 1. The first-order valence-corrected chi connectivity index (χ1v) is 7.32. The van der Waals surface area contributed by atoms with Gasteiger partial charge >= 0.3 is 0 Å². The van der Waals surface area contributed by atoms with E-state index in [2.05, 4.69) is 35.9 Å². The van der Waals surface area contributed by atoms with Crippen LogP contribution in [0.25, 0.3) is 0 Å². The van der Waals surface area contributed by atoms with Crippen LogP contribution in [0.15, 0.2) is 41.8 Å². The molecule has 1 heterocycles. The lowest BCUT2D eigenvalue weighted by molar-refractivity contribution is 0.0328. The first kappa shape index (κ1) is 14.2. The number of ether oxygens (including phenoxy) is 1. The lowest BCUT2D eigenvalue weighted by Crippen LogP contribution is -2.33. The molecule has 0 saturated heterocycles. The maximum absolute atomic E-state index is 5.91. The molecule has 19 heavy (non-hydrogen) atoms. The Morgan fingerprint density at radius 1 is 1.26 bits per heavy atom. The van der Waals surface area contributed by atoms with Gasteiger partial charge in [-0.15, -0.1) is 11.3 Å². The van der Waals surface area contributed by atoms with Gasteiger partial charge in [0.25, 0.3) is 0 Å². The van der Waals surface area contributed by atoms with Gasteiger partial charge in [-0.3, -0.25) is 5.84 Å². The summed E-state index contributed by atoms with van der Waals surface area (Å²) in [5.74, 6) is 5.76. The van der Waals surface area contributed by atoms with Crippen LogP contribution in [-0.4, -0.2) is 6.61 Å². The standard InChI is InChI=1S/C15H20N2OS/c1-3-18-15(12-7-5-4-6-8-12)14(17-16)13-9-11(2)19-10-13/h4-10,14-15,17H,3,16H2,1-2H3. The van der Waals surface area contributed by atoms with Crippen molar-refractivity contribution < 1.29 is 4.74 Å². The first-order chi connectivity index (χ1) is 9.26. The van der Waals surface area contributed by atoms with E-state index in [1.54, 1.807) is 11.3 Å². The summed E-state index contributed by atoms with van der Waals surface area (Å²) in [4.78, 5) is 1.28. The molecule has 2 aromatic rings. The number of aryl methyl sites for hydroxylation is 1. The van der Waals surface area contributed by atoms with Gasteiger partial charge in [-0.1, -0.05) is 30.3 Å². The monoisotopic (exact) mass is 276 g/mol. The Bertz CT molecular complexity index is 498. The third-order valence-electron chi connectivity index (χ3n) is 3.07. The van der Waals surface area contributed by atoms with Crippen LogP contribution in [-0.2, 0) is 4.74 Å². The van der Waals surface area contributed by atoms with Crippen molar-refractivity contribution in [2.75, 3.05) is 6.61 Å². The largest absolute Gasteiger partial charge is 0.372 e. The predicted molar refractivity (Wildman–Crippen MR) is 79.9 cm³/mol. The minimum atomic E-state index is -0.0785. The van der Waals surface area contributed by atoms with Gasteiger partial charge in [-0.05, 0) is 36.4 Å². The van der Waals surface area contributed by atoms with Crippen LogP contribution in [0.1, 0.15) is 35.1 Å². The average molecular weight is 276 g/mol. The Kier molecular flexibility index (Phi) is 5.10. The van der Waals surface area contributed by atoms with Crippen molar-refractivity contribution in [1.29, 1.82) is 0 Å². The summed E-state index contributed by atoms with van der Waals surface area (Å²) in [6.45, 7) is 4.75. The summed E-state index contributed by atoms with van der Waals surface area (Å²) in [5.41, 5.74) is 5.21. The molecule has 3 nitrogen and oxygen atoms in total. The average Bonchev–Trinajstić information content (AvgIpc) is 2.86. The topological polar surface area (TPSA) is 47.3 Å². The minimum Gasteiger partial charge on any atom is -0.372 e. The zero-order valence-corrected chi connectivity index (χ0v) is 12.1. The molecule has 0 aliphatic heterocycles. The number of hydrogen-bond acceptors (Lipinski definition) is 4. The van der Waals surface area contributed by atoms with Gasteiger partial charge in [0.15, 0.2) is 0 Å². The van der Waals surface area contributed by atoms with E-state index in [4.69, 9.17) is 10.6 Å². The molecule has 0 radical (unpaired) electrons. The molecule has 2 rings (SSSR count). The fourth-order valence-electron chi connectivity index (χ4n) is 2.19. The molecule has 2 atom stereocenters. The molecule has 102 valence electrons. The molecular formula is C15H20N2OS. The fraction of sp³-hybridized carbons (Fsp3) is 0.333. The van der Waals surface area contributed by atoms with Crippen LogP contribution in [0.5, 0.6) is 0 Å². The molecule has 0 bridgehead atoms. The minimum absolute atomic E-state index is 0.0349. The van der Waals surface area contributed by atoms with Crippen LogP contribution in [0.3, 0.4) is 0 Å². The highest BCUT2D eigenvalue weighted by Gasteiger charge is 2.24. The summed E-state index contributed by atoms with van der Waals surface area (Å²) in [6.07, 6.45) is -0.0785. The number of thiophene rings is 1. The Morgan fingerprint density at radius 3 is 2.53 bits per heavy atom. The van der Waals surface area contributed by atoms with E-state index in [1.165, 1.54) is 10.4 Å². The Morgan fingerprint density at radius 2 is 2.00 bits per heavy atom. The van der Waals surface area contributed by atoms with E-state index in [-0.39, 0.29) is 12.1 Å². The molecule has 4 heteroatoms. The van der Waals surface area contributed by atoms with Crippen molar-refractivity contribution in [1.82, 2.24) is 5.43 Å². The summed E-state index contributed by atoms with van der Waals surface area (Å²) in [7, 11) is 0. The smallest absolute Gasteiger partial charge is 0.103 e. The van der Waals surface area contributed by atoms with Crippen LogP contribution in [0, 0.1) is 6.92 Å². The van der Waals surface area contributed by atoms with Crippen molar-refractivity contribution >= 4 is 11.3 Å². The Hall–Kier alpha value is -1.20. The maximum atomic E-state index is 5.91. The lowest BCUT2D eigenvalue weighted by atomic mass is 9.98. The second kappa shape index (κ2) is 6.82. The van der Waals surface area contributed by atoms with Crippen molar-refractivity contribution in [2.45, 2.75) is 26.0 Å². The van der Waals surface area contributed by atoms with E-state index >= 15 is 0 Å². The predicted octanol–water partition coefficient (Wildman–Crippen LogP) is 3.34. The second-order valence-electron chi connectivity index (χ2n) is 4.42. The Balaban J connectivity index is 2.31. The summed E-state index contributed by atoms with van der Waals surface area (Å²) in [6, 6.07) is 12.3. The zero-order chi connectivity index (χ0) is 13.7.